The van der Waals surface area contributed by atoms with E-state index >= 15 is 0 Å². The fourth-order valence-electron chi connectivity index (χ4n) is 3.88. The molecular formula is C23H28Cl2N2O3S. The smallest absolute Gasteiger partial charge is 0.251 e. The van der Waals surface area contributed by atoms with Crippen LogP contribution in [0.1, 0.15) is 60.9 Å². The van der Waals surface area contributed by atoms with Crippen molar-refractivity contribution >= 4 is 44.8 Å². The van der Waals surface area contributed by atoms with Crippen LogP contribution in [0.2, 0.25) is 10.0 Å². The van der Waals surface area contributed by atoms with Gasteiger partial charge in [-0.05, 0) is 49.2 Å². The predicted octanol–water partition coefficient (Wildman–Crippen LogP) is 5.80. The first kappa shape index (κ1) is 23.9. The van der Waals surface area contributed by atoms with Gasteiger partial charge in [-0.2, -0.15) is 0 Å². The minimum absolute atomic E-state index is 0.00492. The summed E-state index contributed by atoms with van der Waals surface area (Å²) in [5.74, 6) is -0.128. The molecule has 0 aromatic heterocycles. The highest BCUT2D eigenvalue weighted by Gasteiger charge is 2.21. The van der Waals surface area contributed by atoms with Gasteiger partial charge in [0.1, 0.15) is 0 Å². The molecule has 1 saturated carbocycles. The van der Waals surface area contributed by atoms with E-state index in [1.807, 2.05) is 0 Å². The number of nitrogens with zero attached hydrogens (tertiary/aromatic N) is 1. The van der Waals surface area contributed by atoms with Crippen LogP contribution in [0.15, 0.2) is 42.5 Å². The summed E-state index contributed by atoms with van der Waals surface area (Å²) in [5.41, 5.74) is 1.48. The average Bonchev–Trinajstić information content (AvgIpc) is 2.69. The number of amides is 1. The molecule has 0 aliphatic heterocycles. The summed E-state index contributed by atoms with van der Waals surface area (Å²) in [6.45, 7) is 0.00492. The van der Waals surface area contributed by atoms with Crippen molar-refractivity contribution < 1.29 is 13.2 Å². The Kier molecular flexibility index (Phi) is 8.25. The highest BCUT2D eigenvalue weighted by atomic mass is 35.5. The van der Waals surface area contributed by atoms with Gasteiger partial charge in [-0.25, -0.2) is 8.42 Å². The molecule has 8 heteroatoms. The van der Waals surface area contributed by atoms with E-state index in [0.717, 1.165) is 31.9 Å². The minimum Gasteiger partial charge on any atom is -0.349 e. The molecule has 2 aromatic carbocycles. The van der Waals surface area contributed by atoms with Crippen molar-refractivity contribution in [2.75, 3.05) is 10.6 Å². The van der Waals surface area contributed by atoms with Gasteiger partial charge in [0.05, 0.1) is 18.5 Å². The first-order valence-corrected chi connectivity index (χ1v) is 13.2. The van der Waals surface area contributed by atoms with Crippen molar-refractivity contribution in [3.05, 3.63) is 63.6 Å². The molecule has 0 atom stereocenters. The highest BCUT2D eigenvalue weighted by molar-refractivity contribution is 7.92. The maximum atomic E-state index is 12.7. The number of rotatable bonds is 6. The summed E-state index contributed by atoms with van der Waals surface area (Å²) in [6.07, 6.45) is 9.13. The van der Waals surface area contributed by atoms with Crippen molar-refractivity contribution in [2.45, 2.75) is 57.5 Å². The van der Waals surface area contributed by atoms with Crippen LogP contribution in [-0.4, -0.2) is 26.6 Å². The summed E-state index contributed by atoms with van der Waals surface area (Å²) in [6, 6.07) is 11.8. The van der Waals surface area contributed by atoms with Gasteiger partial charge in [0, 0.05) is 27.2 Å². The first-order valence-electron chi connectivity index (χ1n) is 10.6. The molecule has 2 aromatic rings. The zero-order valence-electron chi connectivity index (χ0n) is 17.6. The number of sulfonamides is 1. The number of hydrogen-bond acceptors (Lipinski definition) is 3. The van der Waals surface area contributed by atoms with E-state index in [1.54, 1.807) is 42.5 Å². The first-order chi connectivity index (χ1) is 14.8. The Labute approximate surface area is 194 Å². The summed E-state index contributed by atoms with van der Waals surface area (Å²) >= 11 is 12.5. The van der Waals surface area contributed by atoms with E-state index in [2.05, 4.69) is 5.32 Å². The molecule has 0 unspecified atom stereocenters. The van der Waals surface area contributed by atoms with E-state index < -0.39 is 10.0 Å². The van der Waals surface area contributed by atoms with E-state index in [-0.39, 0.29) is 18.5 Å². The third kappa shape index (κ3) is 6.61. The second kappa shape index (κ2) is 10.7. The van der Waals surface area contributed by atoms with E-state index in [4.69, 9.17) is 23.2 Å². The van der Waals surface area contributed by atoms with Crippen LogP contribution >= 0.6 is 23.2 Å². The number of nitrogens with one attached hydrogen (secondary N) is 1. The molecule has 168 valence electrons. The Bertz CT molecular complexity index is 982. The lowest BCUT2D eigenvalue weighted by Crippen LogP contribution is -2.35. The van der Waals surface area contributed by atoms with E-state index in [9.17, 15) is 13.2 Å². The maximum absolute atomic E-state index is 12.7. The number of anilines is 1. The molecule has 0 heterocycles. The SMILES string of the molecule is CS(=O)(=O)N(Cc1c(Cl)cccc1Cl)c1ccc(C(=O)NC2CCCCCCC2)cc1. The molecule has 1 aliphatic carbocycles. The van der Waals surface area contributed by atoms with Crippen molar-refractivity contribution in [2.24, 2.45) is 0 Å². The lowest BCUT2D eigenvalue weighted by atomic mass is 9.96. The lowest BCUT2D eigenvalue weighted by Gasteiger charge is -2.24. The van der Waals surface area contributed by atoms with Gasteiger partial charge in [0.25, 0.3) is 5.91 Å². The topological polar surface area (TPSA) is 66.5 Å². The Balaban J connectivity index is 1.76. The van der Waals surface area contributed by atoms with Crippen LogP contribution in [0.4, 0.5) is 5.69 Å². The Morgan fingerprint density at radius 3 is 2.06 bits per heavy atom. The van der Waals surface area contributed by atoms with Crippen LogP contribution < -0.4 is 9.62 Å². The molecule has 1 fully saturated rings. The second-order valence-corrected chi connectivity index (χ2v) is 10.8. The third-order valence-electron chi connectivity index (χ3n) is 5.62. The standard InChI is InChI=1S/C23H28Cl2N2O3S/c1-31(29,30)27(16-20-21(24)10-7-11-22(20)25)19-14-12-17(13-15-19)23(28)26-18-8-5-3-2-4-6-9-18/h7,10-15,18H,2-6,8-9,16H2,1H3,(H,26,28). The zero-order valence-corrected chi connectivity index (χ0v) is 19.9. The van der Waals surface area contributed by atoms with E-state index in [0.29, 0.717) is 26.9 Å². The molecule has 1 amide bonds. The van der Waals surface area contributed by atoms with Gasteiger partial charge < -0.3 is 5.32 Å². The normalized spacial score (nSPS) is 15.7. The molecule has 3 rings (SSSR count). The minimum atomic E-state index is -3.60. The third-order valence-corrected chi connectivity index (χ3v) is 7.47. The van der Waals surface area contributed by atoms with Crippen LogP contribution in [0, 0.1) is 0 Å². The summed E-state index contributed by atoms with van der Waals surface area (Å²) in [5, 5.41) is 3.93. The molecule has 31 heavy (non-hydrogen) atoms. The number of benzene rings is 2. The number of hydrogen-bond donors (Lipinski definition) is 1. The number of carbonyl (C=O) groups excluding carboxylic acids is 1. The molecule has 1 N–H and O–H groups in total. The highest BCUT2D eigenvalue weighted by Crippen LogP contribution is 2.29. The Hall–Kier alpha value is -1.76. The maximum Gasteiger partial charge on any atom is 0.251 e. The van der Waals surface area contributed by atoms with Crippen molar-refractivity contribution in [3.63, 3.8) is 0 Å². The summed E-state index contributed by atoms with van der Waals surface area (Å²) in [4.78, 5) is 12.7. The zero-order chi connectivity index (χ0) is 22.4. The van der Waals surface area contributed by atoms with E-state index in [1.165, 1.54) is 23.6 Å². The van der Waals surface area contributed by atoms with Gasteiger partial charge in [-0.1, -0.05) is 61.4 Å². The van der Waals surface area contributed by atoms with Crippen LogP contribution in [0.3, 0.4) is 0 Å². The fraction of sp³-hybridized carbons (Fsp3) is 0.435. The second-order valence-electron chi connectivity index (χ2n) is 8.03. The van der Waals surface area contributed by atoms with Crippen molar-refractivity contribution in [3.8, 4) is 0 Å². The molecule has 1 aliphatic rings. The molecule has 0 saturated heterocycles. The number of halogens is 2. The van der Waals surface area contributed by atoms with Crippen LogP contribution in [0.25, 0.3) is 0 Å². The fourth-order valence-corrected chi connectivity index (χ4v) is 5.26. The molecule has 0 spiro atoms. The van der Waals surface area contributed by atoms with Crippen molar-refractivity contribution in [1.82, 2.24) is 5.32 Å². The lowest BCUT2D eigenvalue weighted by molar-refractivity contribution is 0.0930. The molecular weight excluding hydrogens is 455 g/mol. The molecule has 0 radical (unpaired) electrons. The molecule has 5 nitrogen and oxygen atoms in total. The monoisotopic (exact) mass is 482 g/mol. The average molecular weight is 483 g/mol. The van der Waals surface area contributed by atoms with Gasteiger partial charge in [0.2, 0.25) is 10.0 Å². The van der Waals surface area contributed by atoms with Gasteiger partial charge >= 0.3 is 0 Å². The van der Waals surface area contributed by atoms with Gasteiger partial charge in [-0.3, -0.25) is 9.10 Å². The Morgan fingerprint density at radius 1 is 0.968 bits per heavy atom. The van der Waals surface area contributed by atoms with Crippen molar-refractivity contribution in [1.29, 1.82) is 0 Å². The predicted molar refractivity (Wildman–Crippen MR) is 128 cm³/mol. The summed E-state index contributed by atoms with van der Waals surface area (Å²) < 4.78 is 26.2. The van der Waals surface area contributed by atoms with Gasteiger partial charge in [0.15, 0.2) is 0 Å². The quantitative estimate of drug-likeness (QED) is 0.565. The Morgan fingerprint density at radius 2 is 1.52 bits per heavy atom. The van der Waals surface area contributed by atoms with Gasteiger partial charge in [-0.15, -0.1) is 0 Å². The number of carbonyl (C=O) groups is 1. The van der Waals surface area contributed by atoms with Crippen LogP contribution in [0.5, 0.6) is 0 Å². The largest absolute Gasteiger partial charge is 0.349 e. The van der Waals surface area contributed by atoms with Crippen LogP contribution in [-0.2, 0) is 16.6 Å². The summed E-state index contributed by atoms with van der Waals surface area (Å²) in [7, 11) is -3.60. The molecule has 0 bridgehead atoms.